The highest BCUT2D eigenvalue weighted by molar-refractivity contribution is 5.85. The monoisotopic (exact) mass is 335 g/mol. The predicted octanol–water partition coefficient (Wildman–Crippen LogP) is 4.13. The lowest BCUT2D eigenvalue weighted by Gasteiger charge is -2.17. The van der Waals surface area contributed by atoms with Crippen molar-refractivity contribution in [2.75, 3.05) is 0 Å². The molecule has 1 unspecified atom stereocenters. The van der Waals surface area contributed by atoms with E-state index >= 15 is 0 Å². The number of benzene rings is 1. The second-order valence-corrected chi connectivity index (χ2v) is 6.58. The SMILES string of the molecule is CCc1ccc(C(C)Cc2nc(C3(N)CCCC3)no2)cc1.Cl. The van der Waals surface area contributed by atoms with Crippen LogP contribution in [0.4, 0.5) is 0 Å². The number of hydrogen-bond donors (Lipinski definition) is 1. The summed E-state index contributed by atoms with van der Waals surface area (Å²) in [7, 11) is 0. The van der Waals surface area contributed by atoms with E-state index in [1.165, 1.54) is 11.1 Å². The van der Waals surface area contributed by atoms with Gasteiger partial charge in [0.05, 0.1) is 5.54 Å². The molecule has 23 heavy (non-hydrogen) atoms. The summed E-state index contributed by atoms with van der Waals surface area (Å²) < 4.78 is 5.44. The Morgan fingerprint density at radius 1 is 1.22 bits per heavy atom. The van der Waals surface area contributed by atoms with E-state index in [1.54, 1.807) is 0 Å². The van der Waals surface area contributed by atoms with Gasteiger partial charge >= 0.3 is 0 Å². The number of nitrogens with two attached hydrogens (primary N) is 1. The molecule has 1 aliphatic rings. The summed E-state index contributed by atoms with van der Waals surface area (Å²) in [6, 6.07) is 8.78. The van der Waals surface area contributed by atoms with Crippen molar-refractivity contribution >= 4 is 12.4 Å². The maximum Gasteiger partial charge on any atom is 0.227 e. The van der Waals surface area contributed by atoms with Crippen LogP contribution in [0.2, 0.25) is 0 Å². The number of halogens is 1. The van der Waals surface area contributed by atoms with Gasteiger partial charge < -0.3 is 10.3 Å². The second-order valence-electron chi connectivity index (χ2n) is 6.58. The van der Waals surface area contributed by atoms with E-state index < -0.39 is 0 Å². The fraction of sp³-hybridized carbons (Fsp3) is 0.556. The average molecular weight is 336 g/mol. The molecule has 1 saturated carbocycles. The molecule has 126 valence electrons. The minimum atomic E-state index is -0.367. The Morgan fingerprint density at radius 2 is 1.87 bits per heavy atom. The molecule has 2 N–H and O–H groups in total. The van der Waals surface area contributed by atoms with E-state index in [4.69, 9.17) is 10.3 Å². The summed E-state index contributed by atoms with van der Waals surface area (Å²) in [6.07, 6.45) is 6.05. The Balaban J connectivity index is 0.00000192. The number of aromatic nitrogens is 2. The first kappa shape index (κ1) is 18.0. The van der Waals surface area contributed by atoms with Crippen LogP contribution in [0.3, 0.4) is 0 Å². The summed E-state index contributed by atoms with van der Waals surface area (Å²) in [5.41, 5.74) is 8.68. The zero-order valence-electron chi connectivity index (χ0n) is 13.9. The number of hydrogen-bond acceptors (Lipinski definition) is 4. The molecular formula is C18H26ClN3O. The molecule has 3 rings (SSSR count). The molecule has 0 radical (unpaired) electrons. The van der Waals surface area contributed by atoms with Crippen LogP contribution in [-0.4, -0.2) is 10.1 Å². The van der Waals surface area contributed by atoms with E-state index in [9.17, 15) is 0 Å². The van der Waals surface area contributed by atoms with E-state index in [2.05, 4.69) is 48.3 Å². The molecule has 1 aromatic carbocycles. The van der Waals surface area contributed by atoms with Crippen LogP contribution in [0.25, 0.3) is 0 Å². The van der Waals surface area contributed by atoms with Crippen molar-refractivity contribution in [1.82, 2.24) is 10.1 Å². The molecule has 1 aromatic heterocycles. The summed E-state index contributed by atoms with van der Waals surface area (Å²) in [6.45, 7) is 4.36. The normalized spacial score (nSPS) is 17.7. The molecule has 1 aliphatic carbocycles. The van der Waals surface area contributed by atoms with Crippen molar-refractivity contribution in [1.29, 1.82) is 0 Å². The van der Waals surface area contributed by atoms with Crippen molar-refractivity contribution in [3.63, 3.8) is 0 Å². The van der Waals surface area contributed by atoms with Crippen LogP contribution in [-0.2, 0) is 18.4 Å². The summed E-state index contributed by atoms with van der Waals surface area (Å²) in [4.78, 5) is 4.56. The molecule has 0 aliphatic heterocycles. The van der Waals surface area contributed by atoms with Gasteiger partial charge in [0, 0.05) is 6.42 Å². The van der Waals surface area contributed by atoms with Gasteiger partial charge in [-0.1, -0.05) is 56.1 Å². The Hall–Kier alpha value is -1.39. The second kappa shape index (κ2) is 7.45. The lowest BCUT2D eigenvalue weighted by Crippen LogP contribution is -2.34. The van der Waals surface area contributed by atoms with Gasteiger partial charge in [-0.2, -0.15) is 4.98 Å². The first-order valence-corrected chi connectivity index (χ1v) is 8.31. The highest BCUT2D eigenvalue weighted by Crippen LogP contribution is 2.34. The minimum absolute atomic E-state index is 0. The minimum Gasteiger partial charge on any atom is -0.339 e. The molecule has 4 nitrogen and oxygen atoms in total. The van der Waals surface area contributed by atoms with Gasteiger partial charge in [0.15, 0.2) is 5.82 Å². The quantitative estimate of drug-likeness (QED) is 0.892. The highest BCUT2D eigenvalue weighted by atomic mass is 35.5. The topological polar surface area (TPSA) is 64.9 Å². The van der Waals surface area contributed by atoms with Crippen LogP contribution in [0, 0.1) is 0 Å². The van der Waals surface area contributed by atoms with Crippen LogP contribution in [0.15, 0.2) is 28.8 Å². The molecule has 5 heteroatoms. The fourth-order valence-electron chi connectivity index (χ4n) is 3.23. The molecule has 2 aromatic rings. The Morgan fingerprint density at radius 3 is 2.48 bits per heavy atom. The van der Waals surface area contributed by atoms with Crippen molar-refractivity contribution in [3.8, 4) is 0 Å². The highest BCUT2D eigenvalue weighted by Gasteiger charge is 2.36. The molecular weight excluding hydrogens is 310 g/mol. The molecule has 1 atom stereocenters. The summed E-state index contributed by atoms with van der Waals surface area (Å²) in [5, 5.41) is 4.13. The molecule has 1 fully saturated rings. The number of aryl methyl sites for hydroxylation is 1. The number of rotatable bonds is 5. The standard InChI is InChI=1S/C18H25N3O.ClH/c1-3-14-6-8-15(9-7-14)13(2)12-16-20-17(21-22-16)18(19)10-4-5-11-18;/h6-9,13H,3-5,10-12,19H2,1-2H3;1H. The van der Waals surface area contributed by atoms with E-state index in [0.717, 1.165) is 38.5 Å². The lowest BCUT2D eigenvalue weighted by atomic mass is 9.96. The predicted molar refractivity (Wildman–Crippen MR) is 93.8 cm³/mol. The zero-order chi connectivity index (χ0) is 15.6. The molecule has 0 amide bonds. The van der Waals surface area contributed by atoms with Gasteiger partial charge in [-0.05, 0) is 36.3 Å². The zero-order valence-corrected chi connectivity index (χ0v) is 14.7. The third-order valence-corrected chi connectivity index (χ3v) is 4.85. The molecule has 0 saturated heterocycles. The maximum atomic E-state index is 6.38. The van der Waals surface area contributed by atoms with Crippen molar-refractivity contribution < 1.29 is 4.52 Å². The third-order valence-electron chi connectivity index (χ3n) is 4.85. The first-order chi connectivity index (χ1) is 10.6. The Kier molecular flexibility index (Phi) is 5.82. The van der Waals surface area contributed by atoms with Gasteiger partial charge in [-0.3, -0.25) is 0 Å². The summed E-state index contributed by atoms with van der Waals surface area (Å²) >= 11 is 0. The Bertz CT molecular complexity index is 617. The van der Waals surface area contributed by atoms with Gasteiger partial charge in [-0.25, -0.2) is 0 Å². The maximum absolute atomic E-state index is 6.38. The van der Waals surface area contributed by atoms with E-state index in [-0.39, 0.29) is 17.9 Å². The fourth-order valence-corrected chi connectivity index (χ4v) is 3.23. The molecule has 1 heterocycles. The Labute approximate surface area is 144 Å². The van der Waals surface area contributed by atoms with Crippen LogP contribution < -0.4 is 5.73 Å². The third kappa shape index (κ3) is 3.93. The van der Waals surface area contributed by atoms with E-state index in [1.807, 2.05) is 0 Å². The molecule has 0 spiro atoms. The smallest absolute Gasteiger partial charge is 0.227 e. The first-order valence-electron chi connectivity index (χ1n) is 8.31. The van der Waals surface area contributed by atoms with E-state index in [0.29, 0.717) is 17.6 Å². The van der Waals surface area contributed by atoms with Crippen molar-refractivity contribution in [2.45, 2.75) is 63.8 Å². The van der Waals surface area contributed by atoms with Crippen molar-refractivity contribution in [3.05, 3.63) is 47.1 Å². The van der Waals surface area contributed by atoms with Crippen LogP contribution in [0.1, 0.15) is 68.3 Å². The van der Waals surface area contributed by atoms with Gasteiger partial charge in [0.25, 0.3) is 0 Å². The van der Waals surface area contributed by atoms with Crippen LogP contribution >= 0.6 is 12.4 Å². The molecule has 0 bridgehead atoms. The average Bonchev–Trinajstić information content (AvgIpc) is 3.17. The van der Waals surface area contributed by atoms with Gasteiger partial charge in [-0.15, -0.1) is 12.4 Å². The van der Waals surface area contributed by atoms with Crippen molar-refractivity contribution in [2.24, 2.45) is 5.73 Å². The number of nitrogens with zero attached hydrogens (tertiary/aromatic N) is 2. The van der Waals surface area contributed by atoms with Gasteiger partial charge in [0.1, 0.15) is 0 Å². The van der Waals surface area contributed by atoms with Crippen LogP contribution in [0.5, 0.6) is 0 Å². The summed E-state index contributed by atoms with van der Waals surface area (Å²) in [5.74, 6) is 1.74. The largest absolute Gasteiger partial charge is 0.339 e. The van der Waals surface area contributed by atoms with Gasteiger partial charge in [0.2, 0.25) is 5.89 Å². The lowest BCUT2D eigenvalue weighted by molar-refractivity contribution is 0.345.